The van der Waals surface area contributed by atoms with Crippen LogP contribution >= 0.6 is 11.8 Å². The minimum Gasteiger partial charge on any atom is -0.465 e. The SMILES string of the molecule is CC/C=C\C/C=C\C/C=C\C/C=C\C/C=C\CCCC(=O)OCC(C)(C)[C@@H](O)C(=O)NCCC(=O)NCCSC(C)=O. The van der Waals surface area contributed by atoms with E-state index in [9.17, 15) is 24.3 Å². The maximum atomic E-state index is 12.3. The summed E-state index contributed by atoms with van der Waals surface area (Å²) < 4.78 is 5.30. The number of unbranched alkanes of at least 4 members (excludes halogenated alkanes) is 1. The van der Waals surface area contributed by atoms with Crippen molar-refractivity contribution in [1.82, 2.24) is 10.6 Å². The average molecular weight is 605 g/mol. The molecule has 9 heteroatoms. The van der Waals surface area contributed by atoms with E-state index in [-0.39, 0.29) is 43.0 Å². The normalized spacial score (nSPS) is 13.1. The third-order valence-electron chi connectivity index (χ3n) is 5.88. The van der Waals surface area contributed by atoms with Gasteiger partial charge in [-0.3, -0.25) is 19.2 Å². The Balaban J connectivity index is 4.00. The van der Waals surface area contributed by atoms with Crippen LogP contribution in [0, 0.1) is 5.41 Å². The number of thioether (sulfide) groups is 1. The second kappa shape index (κ2) is 25.8. The zero-order chi connectivity index (χ0) is 31.5. The lowest BCUT2D eigenvalue weighted by Gasteiger charge is -2.29. The molecule has 236 valence electrons. The van der Waals surface area contributed by atoms with Crippen LogP contribution in [-0.2, 0) is 23.9 Å². The highest BCUT2D eigenvalue weighted by atomic mass is 32.2. The summed E-state index contributed by atoms with van der Waals surface area (Å²) in [4.78, 5) is 47.1. The number of amides is 2. The Bertz CT molecular complexity index is 937. The molecule has 3 N–H and O–H groups in total. The molecular formula is C33H52N2O6S. The average Bonchev–Trinajstić information content (AvgIpc) is 2.95. The minimum absolute atomic E-state index is 0.0138. The van der Waals surface area contributed by atoms with Crippen molar-refractivity contribution in [2.45, 2.75) is 91.6 Å². The van der Waals surface area contributed by atoms with Gasteiger partial charge in [0.1, 0.15) is 6.10 Å². The lowest BCUT2D eigenvalue weighted by Crippen LogP contribution is -2.47. The summed E-state index contributed by atoms with van der Waals surface area (Å²) >= 11 is 1.13. The predicted molar refractivity (Wildman–Crippen MR) is 173 cm³/mol. The topological polar surface area (TPSA) is 122 Å². The Morgan fingerprint density at radius 2 is 1.36 bits per heavy atom. The maximum absolute atomic E-state index is 12.3. The monoisotopic (exact) mass is 604 g/mol. The highest BCUT2D eigenvalue weighted by Crippen LogP contribution is 2.22. The summed E-state index contributed by atoms with van der Waals surface area (Å²) in [5.74, 6) is -0.772. The second-order valence-electron chi connectivity index (χ2n) is 10.4. The van der Waals surface area contributed by atoms with Gasteiger partial charge in [-0.15, -0.1) is 0 Å². The van der Waals surface area contributed by atoms with Gasteiger partial charge in [0.15, 0.2) is 5.12 Å². The highest BCUT2D eigenvalue weighted by Gasteiger charge is 2.34. The smallest absolute Gasteiger partial charge is 0.305 e. The first-order valence-corrected chi connectivity index (χ1v) is 15.8. The number of aliphatic hydroxyl groups is 1. The zero-order valence-corrected chi connectivity index (χ0v) is 26.8. The number of carbonyl (C=O) groups excluding carboxylic acids is 4. The lowest BCUT2D eigenvalue weighted by molar-refractivity contribution is -0.153. The number of nitrogens with one attached hydrogen (secondary N) is 2. The van der Waals surface area contributed by atoms with Crippen molar-refractivity contribution in [3.05, 3.63) is 60.8 Å². The van der Waals surface area contributed by atoms with Crippen LogP contribution in [0.15, 0.2) is 60.8 Å². The standard InChI is InChI=1S/C33H52N2O6S/c1-5-6-7-8-9-10-11-12-13-14-15-16-17-18-19-20-21-22-30(38)41-27-33(3,4)31(39)32(40)35-24-23-29(37)34-25-26-42-28(2)36/h6-7,9-10,12-13,15-16,18-19,31,39H,5,8,11,14,17,20-27H2,1-4H3,(H,34,37)(H,35,40)/b7-6-,10-9-,13-12-,16-15-,19-18-/t31-/m0/s1. The third kappa shape index (κ3) is 23.8. The number of aliphatic hydroxyl groups excluding tert-OH is 1. The van der Waals surface area contributed by atoms with Gasteiger partial charge < -0.3 is 20.5 Å². The number of carbonyl (C=O) groups is 4. The summed E-state index contributed by atoms with van der Waals surface area (Å²) in [6.07, 6.45) is 26.5. The van der Waals surface area contributed by atoms with Gasteiger partial charge in [-0.25, -0.2) is 0 Å². The zero-order valence-electron chi connectivity index (χ0n) is 25.9. The van der Waals surface area contributed by atoms with Crippen molar-refractivity contribution in [2.75, 3.05) is 25.4 Å². The predicted octanol–water partition coefficient (Wildman–Crippen LogP) is 5.74. The maximum Gasteiger partial charge on any atom is 0.305 e. The van der Waals surface area contributed by atoms with E-state index in [4.69, 9.17) is 4.74 Å². The number of allylic oxidation sites excluding steroid dienone is 10. The minimum atomic E-state index is -1.40. The number of hydrogen-bond donors (Lipinski definition) is 3. The van der Waals surface area contributed by atoms with Crippen LogP contribution in [0.1, 0.15) is 85.5 Å². The van der Waals surface area contributed by atoms with Gasteiger partial charge >= 0.3 is 5.97 Å². The molecule has 0 aromatic rings. The fraction of sp³-hybridized carbons (Fsp3) is 0.576. The molecule has 8 nitrogen and oxygen atoms in total. The molecule has 0 aromatic heterocycles. The van der Waals surface area contributed by atoms with Gasteiger partial charge in [0.05, 0.1) is 6.61 Å². The molecule has 0 aliphatic heterocycles. The summed E-state index contributed by atoms with van der Waals surface area (Å²) in [5, 5.41) is 15.6. The first-order chi connectivity index (χ1) is 20.1. The van der Waals surface area contributed by atoms with Gasteiger partial charge in [-0.1, -0.05) is 93.3 Å². The molecule has 0 aliphatic carbocycles. The Morgan fingerprint density at radius 3 is 1.90 bits per heavy atom. The first kappa shape index (κ1) is 39.1. The molecule has 0 fully saturated rings. The number of rotatable bonds is 23. The summed E-state index contributed by atoms with van der Waals surface area (Å²) in [5.41, 5.74) is -0.990. The number of ether oxygens (including phenoxy) is 1. The Hall–Kier alpha value is -2.91. The molecule has 2 amide bonds. The van der Waals surface area contributed by atoms with E-state index in [0.717, 1.165) is 50.3 Å². The van der Waals surface area contributed by atoms with Gasteiger partial charge in [-0.05, 0) is 44.9 Å². The van der Waals surface area contributed by atoms with Crippen LogP contribution in [0.25, 0.3) is 0 Å². The fourth-order valence-corrected chi connectivity index (χ4v) is 3.87. The van der Waals surface area contributed by atoms with Gasteiger partial charge in [0.25, 0.3) is 0 Å². The van der Waals surface area contributed by atoms with E-state index in [0.29, 0.717) is 18.7 Å². The van der Waals surface area contributed by atoms with Crippen molar-refractivity contribution in [1.29, 1.82) is 0 Å². The molecule has 0 radical (unpaired) electrons. The quantitative estimate of drug-likeness (QED) is 0.0772. The fourth-order valence-electron chi connectivity index (χ4n) is 3.37. The third-order valence-corrected chi connectivity index (χ3v) is 6.70. The Kier molecular flexibility index (Phi) is 24.0. The Labute approximate surface area is 257 Å². The molecule has 0 rings (SSSR count). The molecule has 0 bridgehead atoms. The van der Waals surface area contributed by atoms with E-state index in [1.165, 1.54) is 6.92 Å². The molecular weight excluding hydrogens is 552 g/mol. The van der Waals surface area contributed by atoms with E-state index in [1.54, 1.807) is 13.8 Å². The van der Waals surface area contributed by atoms with Gasteiger partial charge in [-0.2, -0.15) is 0 Å². The molecule has 0 unspecified atom stereocenters. The van der Waals surface area contributed by atoms with E-state index in [1.807, 2.05) is 0 Å². The van der Waals surface area contributed by atoms with Crippen LogP contribution in [-0.4, -0.2) is 59.6 Å². The summed E-state index contributed by atoms with van der Waals surface area (Å²) in [6.45, 7) is 7.20. The van der Waals surface area contributed by atoms with Crippen LogP contribution in [0.2, 0.25) is 0 Å². The molecule has 0 spiro atoms. The summed E-state index contributed by atoms with van der Waals surface area (Å²) in [6, 6.07) is 0. The Morgan fingerprint density at radius 1 is 0.810 bits per heavy atom. The summed E-state index contributed by atoms with van der Waals surface area (Å²) in [7, 11) is 0. The molecule has 0 heterocycles. The van der Waals surface area contributed by atoms with Gasteiger partial charge in [0, 0.05) is 44.0 Å². The van der Waals surface area contributed by atoms with Crippen molar-refractivity contribution in [3.63, 3.8) is 0 Å². The van der Waals surface area contributed by atoms with E-state index in [2.05, 4.69) is 78.3 Å². The molecule has 0 saturated carbocycles. The van der Waals surface area contributed by atoms with Crippen molar-refractivity contribution in [3.8, 4) is 0 Å². The largest absolute Gasteiger partial charge is 0.465 e. The van der Waals surface area contributed by atoms with Crippen molar-refractivity contribution in [2.24, 2.45) is 5.41 Å². The highest BCUT2D eigenvalue weighted by molar-refractivity contribution is 8.13. The molecule has 0 aromatic carbocycles. The lowest BCUT2D eigenvalue weighted by atomic mass is 9.87. The molecule has 1 atom stereocenters. The number of hydrogen-bond acceptors (Lipinski definition) is 7. The van der Waals surface area contributed by atoms with Crippen LogP contribution in [0.4, 0.5) is 0 Å². The van der Waals surface area contributed by atoms with Crippen LogP contribution < -0.4 is 10.6 Å². The van der Waals surface area contributed by atoms with Crippen molar-refractivity contribution >= 4 is 34.7 Å². The number of esters is 1. The molecule has 42 heavy (non-hydrogen) atoms. The van der Waals surface area contributed by atoms with Crippen molar-refractivity contribution < 1.29 is 29.0 Å². The van der Waals surface area contributed by atoms with Crippen LogP contribution in [0.5, 0.6) is 0 Å². The van der Waals surface area contributed by atoms with Gasteiger partial charge in [0.2, 0.25) is 11.8 Å². The molecule has 0 saturated heterocycles. The van der Waals surface area contributed by atoms with Crippen LogP contribution in [0.3, 0.4) is 0 Å². The molecule has 0 aliphatic rings. The first-order valence-electron chi connectivity index (χ1n) is 14.9. The van der Waals surface area contributed by atoms with E-state index < -0.39 is 17.4 Å². The second-order valence-corrected chi connectivity index (χ2v) is 11.7. The van der Waals surface area contributed by atoms with E-state index >= 15 is 0 Å².